The Kier molecular flexibility index (Phi) is 5.51. The second kappa shape index (κ2) is 6.89. The number of hydrogen-bond acceptors (Lipinski definition) is 3. The van der Waals surface area contributed by atoms with Gasteiger partial charge in [0.1, 0.15) is 0 Å². The van der Waals surface area contributed by atoms with E-state index in [1.165, 1.54) is 11.0 Å². The van der Waals surface area contributed by atoms with Gasteiger partial charge in [0.05, 0.1) is 12.1 Å². The quantitative estimate of drug-likeness (QED) is 0.365. The van der Waals surface area contributed by atoms with Crippen LogP contribution in [0.3, 0.4) is 0 Å². The van der Waals surface area contributed by atoms with Crippen LogP contribution in [0.4, 0.5) is 0 Å². The second-order valence-corrected chi connectivity index (χ2v) is 4.80. The van der Waals surface area contributed by atoms with Crippen molar-refractivity contribution < 1.29 is 19.5 Å². The molecule has 2 aromatic rings. The molecule has 0 saturated heterocycles. The van der Waals surface area contributed by atoms with Crippen LogP contribution in [0.15, 0.2) is 30.6 Å². The molecular weight excluding hydrogens is 244 g/mol. The van der Waals surface area contributed by atoms with Gasteiger partial charge in [-0.15, -0.1) is 0 Å². The molecule has 0 radical (unpaired) electrons. The fourth-order valence-electron chi connectivity index (χ4n) is 1.98. The minimum absolute atomic E-state index is 0.181. The molecule has 5 heteroatoms. The second-order valence-electron chi connectivity index (χ2n) is 4.80. The summed E-state index contributed by atoms with van der Waals surface area (Å²) < 4.78 is 4.66. The van der Waals surface area contributed by atoms with Crippen molar-refractivity contribution in [3.8, 4) is 0 Å². The van der Waals surface area contributed by atoms with Crippen LogP contribution in [-0.4, -0.2) is 11.0 Å². The SMILES string of the molecule is CC(C)n1c[n+](C(C)C)c2ccccc21.O=CO[O-]. The number of benzene rings is 1. The summed E-state index contributed by atoms with van der Waals surface area (Å²) in [4.78, 5) is 11.2. The number of hydrogen-bond donors (Lipinski definition) is 0. The average Bonchev–Trinajstić information content (AvgIpc) is 2.79. The lowest BCUT2D eigenvalue weighted by molar-refractivity contribution is -0.692. The summed E-state index contributed by atoms with van der Waals surface area (Å²) >= 11 is 0. The standard InChI is InChI=1S/C13H19N2.CH2O3/c1-10(2)14-9-15(11(3)4)13-8-6-5-7-12(13)14;2-1-4-3/h5-11H,1-4H3;1,3H/q+1;/p-1. The molecule has 0 fully saturated rings. The highest BCUT2D eigenvalue weighted by atomic mass is 17.1. The van der Waals surface area contributed by atoms with E-state index in [1.807, 2.05) is 0 Å². The number of para-hydroxylation sites is 2. The highest BCUT2D eigenvalue weighted by molar-refractivity contribution is 5.71. The lowest BCUT2D eigenvalue weighted by Crippen LogP contribution is -2.34. The van der Waals surface area contributed by atoms with Crippen LogP contribution in [0.1, 0.15) is 39.8 Å². The molecule has 0 aliphatic rings. The number of carbonyl (C=O) groups is 1. The first-order valence-corrected chi connectivity index (χ1v) is 6.25. The van der Waals surface area contributed by atoms with Gasteiger partial charge in [0.25, 0.3) is 6.47 Å². The number of imidazole rings is 1. The van der Waals surface area contributed by atoms with E-state index < -0.39 is 0 Å². The summed E-state index contributed by atoms with van der Waals surface area (Å²) in [7, 11) is 0. The van der Waals surface area contributed by atoms with Gasteiger partial charge in [-0.1, -0.05) is 12.1 Å². The molecule has 0 aliphatic heterocycles. The predicted octanol–water partition coefficient (Wildman–Crippen LogP) is 1.53. The lowest BCUT2D eigenvalue weighted by Gasteiger charge is -2.00. The maximum atomic E-state index is 8.64. The summed E-state index contributed by atoms with van der Waals surface area (Å²) in [5.41, 5.74) is 2.64. The van der Waals surface area contributed by atoms with E-state index in [-0.39, 0.29) is 6.47 Å². The Morgan fingerprint density at radius 2 is 1.84 bits per heavy atom. The lowest BCUT2D eigenvalue weighted by atomic mass is 10.3. The first kappa shape index (κ1) is 15.2. The predicted molar refractivity (Wildman–Crippen MR) is 70.1 cm³/mol. The van der Waals surface area contributed by atoms with E-state index in [0.717, 1.165) is 0 Å². The first-order valence-electron chi connectivity index (χ1n) is 6.25. The van der Waals surface area contributed by atoms with E-state index in [0.29, 0.717) is 12.1 Å². The van der Waals surface area contributed by atoms with E-state index in [2.05, 4.69) is 72.3 Å². The molecule has 1 aromatic heterocycles. The minimum atomic E-state index is -0.181. The van der Waals surface area contributed by atoms with Crippen LogP contribution in [0, 0.1) is 0 Å². The number of rotatable bonds is 3. The largest absolute Gasteiger partial charge is 0.662 e. The van der Waals surface area contributed by atoms with Crippen LogP contribution < -0.4 is 9.82 Å². The molecule has 0 amide bonds. The summed E-state index contributed by atoms with van der Waals surface area (Å²) in [5.74, 6) is 0. The average molecular weight is 264 g/mol. The van der Waals surface area contributed by atoms with Crippen molar-refractivity contribution in [2.24, 2.45) is 0 Å². The van der Waals surface area contributed by atoms with Crippen LogP contribution in [-0.2, 0) is 9.68 Å². The Bertz CT molecular complexity index is 490. The summed E-state index contributed by atoms with van der Waals surface area (Å²) in [6, 6.07) is 9.60. The number of nitrogens with zero attached hydrogens (tertiary/aromatic N) is 2. The van der Waals surface area contributed by atoms with Crippen molar-refractivity contribution in [1.29, 1.82) is 0 Å². The number of fused-ring (bicyclic) bond motifs is 1. The van der Waals surface area contributed by atoms with E-state index in [1.54, 1.807) is 0 Å². The summed E-state index contributed by atoms with van der Waals surface area (Å²) in [6.45, 7) is 8.70. The van der Waals surface area contributed by atoms with Gasteiger partial charge >= 0.3 is 0 Å². The van der Waals surface area contributed by atoms with Crippen molar-refractivity contribution in [3.05, 3.63) is 30.6 Å². The monoisotopic (exact) mass is 264 g/mol. The topological polar surface area (TPSA) is 58.2 Å². The molecule has 0 aliphatic carbocycles. The molecule has 0 N–H and O–H groups in total. The molecule has 1 aromatic carbocycles. The van der Waals surface area contributed by atoms with E-state index >= 15 is 0 Å². The summed E-state index contributed by atoms with van der Waals surface area (Å²) in [5, 5.41) is 8.43. The van der Waals surface area contributed by atoms with Crippen molar-refractivity contribution in [1.82, 2.24) is 4.57 Å². The van der Waals surface area contributed by atoms with Gasteiger partial charge in [-0.2, -0.15) is 0 Å². The van der Waals surface area contributed by atoms with Gasteiger partial charge in [0.2, 0.25) is 6.33 Å². The van der Waals surface area contributed by atoms with Crippen molar-refractivity contribution in [2.75, 3.05) is 0 Å². The first-order chi connectivity index (χ1) is 9.02. The molecule has 5 nitrogen and oxygen atoms in total. The molecule has 0 atom stereocenters. The van der Waals surface area contributed by atoms with Crippen LogP contribution in [0.5, 0.6) is 0 Å². The molecule has 104 valence electrons. The van der Waals surface area contributed by atoms with Crippen LogP contribution >= 0.6 is 0 Å². The molecular formula is C14H20N2O3. The van der Waals surface area contributed by atoms with Gasteiger partial charge < -0.3 is 10.1 Å². The zero-order chi connectivity index (χ0) is 14.4. The zero-order valence-electron chi connectivity index (χ0n) is 11.7. The maximum Gasteiger partial charge on any atom is 0.287 e. The molecule has 0 unspecified atom stereocenters. The van der Waals surface area contributed by atoms with Gasteiger partial charge in [-0.25, -0.2) is 9.13 Å². The van der Waals surface area contributed by atoms with Crippen molar-refractivity contribution in [3.63, 3.8) is 0 Å². The van der Waals surface area contributed by atoms with E-state index in [9.17, 15) is 0 Å². The third-order valence-corrected chi connectivity index (χ3v) is 2.84. The zero-order valence-corrected chi connectivity index (χ0v) is 11.7. The third-order valence-electron chi connectivity index (χ3n) is 2.84. The molecule has 0 spiro atoms. The Hall–Kier alpha value is -1.88. The van der Waals surface area contributed by atoms with Crippen LogP contribution in [0.25, 0.3) is 11.0 Å². The minimum Gasteiger partial charge on any atom is -0.662 e. The van der Waals surface area contributed by atoms with Gasteiger partial charge in [-0.05, 0) is 39.8 Å². The van der Waals surface area contributed by atoms with Gasteiger partial charge in [0, 0.05) is 0 Å². The maximum absolute atomic E-state index is 8.64. The smallest absolute Gasteiger partial charge is 0.287 e. The third kappa shape index (κ3) is 3.54. The highest BCUT2D eigenvalue weighted by Gasteiger charge is 2.18. The molecule has 2 rings (SSSR count). The molecule has 1 heterocycles. The molecule has 0 saturated carbocycles. The van der Waals surface area contributed by atoms with E-state index in [4.69, 9.17) is 10.1 Å². The van der Waals surface area contributed by atoms with Crippen molar-refractivity contribution >= 4 is 17.5 Å². The highest BCUT2D eigenvalue weighted by Crippen LogP contribution is 2.17. The Balaban J connectivity index is 0.000000399. The number of aromatic nitrogens is 2. The Morgan fingerprint density at radius 1 is 1.26 bits per heavy atom. The fraction of sp³-hybridized carbons (Fsp3) is 0.429. The normalized spacial score (nSPS) is 10.5. The van der Waals surface area contributed by atoms with Gasteiger partial charge in [-0.3, -0.25) is 4.79 Å². The fourth-order valence-corrected chi connectivity index (χ4v) is 1.98. The van der Waals surface area contributed by atoms with Crippen molar-refractivity contribution in [2.45, 2.75) is 39.8 Å². The number of carbonyl (C=O) groups excluding carboxylic acids is 1. The Labute approximate surface area is 113 Å². The van der Waals surface area contributed by atoms with Crippen LogP contribution in [0.2, 0.25) is 0 Å². The summed E-state index contributed by atoms with van der Waals surface area (Å²) in [6.07, 6.45) is 2.22. The molecule has 0 bridgehead atoms. The van der Waals surface area contributed by atoms with Gasteiger partial charge in [0.15, 0.2) is 11.0 Å². The molecule has 19 heavy (non-hydrogen) atoms. The Morgan fingerprint density at radius 3 is 2.32 bits per heavy atom.